The average Bonchev–Trinajstić information content (AvgIpc) is 3.64. The Morgan fingerprint density at radius 2 is 1.94 bits per heavy atom. The number of nitrogens with zero attached hydrogens (tertiary/aromatic N) is 3. The highest BCUT2D eigenvalue weighted by Gasteiger charge is 2.41. The molecular formula is C25H29N6O4P. The zero-order valence-corrected chi connectivity index (χ0v) is 21.5. The third-order valence-electron chi connectivity index (χ3n) is 6.12. The SMILES string of the molecule is COc1ccc(NC=O)c(C2CC2c2ccc(C(N)=Nc3ncc(P(C)(C)=O)nc3OC)c(N)c2)c1. The number of aliphatic imine (C=N–C) groups is 1. The van der Waals surface area contributed by atoms with E-state index >= 15 is 0 Å². The minimum atomic E-state index is -2.61. The number of carbonyl (C=O) groups excluding carboxylic acids is 1. The normalized spacial score (nSPS) is 17.4. The number of benzene rings is 2. The summed E-state index contributed by atoms with van der Waals surface area (Å²) in [4.78, 5) is 23.9. The van der Waals surface area contributed by atoms with E-state index in [-0.39, 0.29) is 29.4 Å². The molecule has 5 N–H and O–H groups in total. The summed E-state index contributed by atoms with van der Waals surface area (Å²) in [5, 5.41) is 2.77. The van der Waals surface area contributed by atoms with Gasteiger partial charge in [-0.15, -0.1) is 0 Å². The van der Waals surface area contributed by atoms with Gasteiger partial charge < -0.3 is 30.8 Å². The Kier molecular flexibility index (Phi) is 6.99. The maximum atomic E-state index is 12.3. The van der Waals surface area contributed by atoms with Crippen LogP contribution in [0.4, 0.5) is 17.2 Å². The number of amides is 1. The predicted octanol–water partition coefficient (Wildman–Crippen LogP) is 3.20. The van der Waals surface area contributed by atoms with Gasteiger partial charge in [-0.25, -0.2) is 15.0 Å². The smallest absolute Gasteiger partial charge is 0.260 e. The minimum absolute atomic E-state index is 0.133. The van der Waals surface area contributed by atoms with Gasteiger partial charge in [0.1, 0.15) is 24.2 Å². The van der Waals surface area contributed by atoms with Crippen molar-refractivity contribution in [1.29, 1.82) is 0 Å². The van der Waals surface area contributed by atoms with Gasteiger partial charge in [-0.3, -0.25) is 4.79 Å². The molecule has 2 unspecified atom stereocenters. The van der Waals surface area contributed by atoms with E-state index in [9.17, 15) is 9.36 Å². The molecule has 1 aromatic heterocycles. The Hall–Kier alpha value is -3.91. The van der Waals surface area contributed by atoms with Crippen LogP contribution in [0.25, 0.3) is 0 Å². The van der Waals surface area contributed by atoms with Gasteiger partial charge in [-0.1, -0.05) is 6.07 Å². The van der Waals surface area contributed by atoms with Crippen LogP contribution in [0.15, 0.2) is 47.6 Å². The predicted molar refractivity (Wildman–Crippen MR) is 142 cm³/mol. The van der Waals surface area contributed by atoms with E-state index in [1.807, 2.05) is 36.4 Å². The number of amidine groups is 1. The number of ether oxygens (including phenoxy) is 2. The lowest BCUT2D eigenvalue weighted by Crippen LogP contribution is -2.16. The molecule has 1 heterocycles. The zero-order chi connectivity index (χ0) is 26.0. The molecule has 36 heavy (non-hydrogen) atoms. The van der Waals surface area contributed by atoms with Gasteiger partial charge in [-0.05, 0) is 73.0 Å². The number of hydrogen-bond acceptors (Lipinski definition) is 8. The van der Waals surface area contributed by atoms with Crippen LogP contribution in [0, 0.1) is 0 Å². The number of rotatable bonds is 9. The maximum Gasteiger partial charge on any atom is 0.260 e. The Labute approximate surface area is 209 Å². The number of anilines is 2. The summed E-state index contributed by atoms with van der Waals surface area (Å²) in [6, 6.07) is 11.3. The van der Waals surface area contributed by atoms with Crippen molar-refractivity contribution in [2.24, 2.45) is 10.7 Å². The fourth-order valence-electron chi connectivity index (χ4n) is 4.13. The summed E-state index contributed by atoms with van der Waals surface area (Å²) in [6.07, 6.45) is 3.01. The molecular weight excluding hydrogens is 479 g/mol. The highest BCUT2D eigenvalue weighted by atomic mass is 31.2. The van der Waals surface area contributed by atoms with Crippen molar-refractivity contribution in [3.05, 3.63) is 59.3 Å². The molecule has 0 aliphatic heterocycles. The van der Waals surface area contributed by atoms with E-state index < -0.39 is 7.14 Å². The minimum Gasteiger partial charge on any atom is -0.497 e. The van der Waals surface area contributed by atoms with Crippen LogP contribution in [0.3, 0.4) is 0 Å². The molecule has 0 spiro atoms. The molecule has 1 amide bonds. The molecule has 0 radical (unpaired) electrons. The fourth-order valence-corrected chi connectivity index (χ4v) is 4.79. The number of hydrogen-bond donors (Lipinski definition) is 3. The van der Waals surface area contributed by atoms with E-state index in [1.165, 1.54) is 13.3 Å². The first-order chi connectivity index (χ1) is 17.2. The lowest BCUT2D eigenvalue weighted by molar-refractivity contribution is -0.105. The van der Waals surface area contributed by atoms with Crippen LogP contribution < -0.4 is 31.7 Å². The average molecular weight is 509 g/mol. The third kappa shape index (κ3) is 5.18. The molecule has 1 saturated carbocycles. The second kappa shape index (κ2) is 9.99. The molecule has 188 valence electrons. The van der Waals surface area contributed by atoms with Crippen molar-refractivity contribution in [2.75, 3.05) is 38.6 Å². The Morgan fingerprint density at radius 3 is 2.58 bits per heavy atom. The summed E-state index contributed by atoms with van der Waals surface area (Å²) in [7, 11) is 0.443. The second-order valence-electron chi connectivity index (χ2n) is 8.92. The van der Waals surface area contributed by atoms with Crippen molar-refractivity contribution in [2.45, 2.75) is 18.3 Å². The van der Waals surface area contributed by atoms with Crippen molar-refractivity contribution < 1.29 is 18.8 Å². The van der Waals surface area contributed by atoms with Crippen molar-refractivity contribution in [3.8, 4) is 11.6 Å². The number of methoxy groups -OCH3 is 2. The lowest BCUT2D eigenvalue weighted by Gasteiger charge is -2.12. The van der Waals surface area contributed by atoms with Crippen LogP contribution in [-0.4, -0.2) is 49.8 Å². The van der Waals surface area contributed by atoms with Gasteiger partial charge in [0.05, 0.1) is 20.4 Å². The Balaban J connectivity index is 1.58. The number of nitrogens with one attached hydrogen (secondary N) is 1. The van der Waals surface area contributed by atoms with Gasteiger partial charge in [0.25, 0.3) is 5.88 Å². The number of aromatic nitrogens is 2. The molecule has 4 rings (SSSR count). The standard InChI is InChI=1S/C25H29N6O4P/c1-34-15-6-8-21(29-13-32)19(10-15)18-11-17(18)14-5-7-16(20(26)9-14)23(27)31-24-25(35-2)30-22(12-28-24)36(3,4)33/h5-10,12-13,17-18H,11,26H2,1-4H3,(H,29,32)(H2,27,28,31). The fraction of sp³-hybridized carbons (Fsp3) is 0.280. The topological polar surface area (TPSA) is 155 Å². The van der Waals surface area contributed by atoms with Gasteiger partial charge >= 0.3 is 0 Å². The van der Waals surface area contributed by atoms with E-state index in [2.05, 4.69) is 20.3 Å². The zero-order valence-electron chi connectivity index (χ0n) is 20.6. The number of nitrogens with two attached hydrogens (primary N) is 2. The molecule has 1 aliphatic carbocycles. The van der Waals surface area contributed by atoms with Crippen molar-refractivity contribution in [3.63, 3.8) is 0 Å². The maximum absolute atomic E-state index is 12.3. The largest absolute Gasteiger partial charge is 0.497 e. The molecule has 1 fully saturated rings. The summed E-state index contributed by atoms with van der Waals surface area (Å²) in [5.74, 6) is 1.67. The van der Waals surface area contributed by atoms with Crippen LogP contribution in [-0.2, 0) is 9.36 Å². The summed E-state index contributed by atoms with van der Waals surface area (Å²) in [5.41, 5.74) is 16.9. The number of carbonyl (C=O) groups is 1. The van der Waals surface area contributed by atoms with Crippen molar-refractivity contribution in [1.82, 2.24) is 9.97 Å². The van der Waals surface area contributed by atoms with E-state index in [1.54, 1.807) is 20.4 Å². The van der Waals surface area contributed by atoms with Crippen LogP contribution >= 0.6 is 7.14 Å². The monoisotopic (exact) mass is 508 g/mol. The summed E-state index contributed by atoms with van der Waals surface area (Å²) < 4.78 is 23.0. The summed E-state index contributed by atoms with van der Waals surface area (Å²) in [6.45, 7) is 3.21. The summed E-state index contributed by atoms with van der Waals surface area (Å²) >= 11 is 0. The highest BCUT2D eigenvalue weighted by Crippen LogP contribution is 2.57. The van der Waals surface area contributed by atoms with E-state index in [4.69, 9.17) is 20.9 Å². The van der Waals surface area contributed by atoms with Crippen LogP contribution in [0.1, 0.15) is 34.9 Å². The first-order valence-corrected chi connectivity index (χ1v) is 13.8. The quantitative estimate of drug-likeness (QED) is 0.131. The van der Waals surface area contributed by atoms with Gasteiger partial charge in [0, 0.05) is 16.9 Å². The highest BCUT2D eigenvalue weighted by molar-refractivity contribution is 7.69. The van der Waals surface area contributed by atoms with Crippen LogP contribution in [0.5, 0.6) is 11.6 Å². The second-order valence-corrected chi connectivity index (χ2v) is 12.1. The Bertz CT molecular complexity index is 1390. The molecule has 11 heteroatoms. The molecule has 1 aliphatic rings. The van der Waals surface area contributed by atoms with E-state index in [0.29, 0.717) is 23.1 Å². The lowest BCUT2D eigenvalue weighted by atomic mass is 10.0. The van der Waals surface area contributed by atoms with Gasteiger partial charge in [-0.2, -0.15) is 0 Å². The molecule has 0 saturated heterocycles. The third-order valence-corrected chi connectivity index (χ3v) is 7.44. The van der Waals surface area contributed by atoms with Crippen LogP contribution in [0.2, 0.25) is 0 Å². The van der Waals surface area contributed by atoms with E-state index in [0.717, 1.165) is 29.0 Å². The first kappa shape index (κ1) is 25.2. The van der Waals surface area contributed by atoms with Crippen molar-refractivity contribution >= 4 is 42.0 Å². The molecule has 10 nitrogen and oxygen atoms in total. The van der Waals surface area contributed by atoms with Gasteiger partial charge in [0.15, 0.2) is 0 Å². The molecule has 2 atom stereocenters. The molecule has 2 aromatic carbocycles. The molecule has 3 aromatic rings. The first-order valence-electron chi connectivity index (χ1n) is 11.2. The Morgan fingerprint density at radius 1 is 1.17 bits per heavy atom. The van der Waals surface area contributed by atoms with Gasteiger partial charge in [0.2, 0.25) is 12.2 Å². The number of nitrogen functional groups attached to an aromatic ring is 1. The molecule has 0 bridgehead atoms.